The van der Waals surface area contributed by atoms with E-state index in [0.29, 0.717) is 34.4 Å². The number of phenols is 1. The van der Waals surface area contributed by atoms with Gasteiger partial charge in [-0.15, -0.1) is 0 Å². The molecule has 0 saturated heterocycles. The second kappa shape index (κ2) is 10.7. The molecule has 0 radical (unpaired) electrons. The van der Waals surface area contributed by atoms with Crippen LogP contribution in [0.1, 0.15) is 34.2 Å². The molecule has 3 N–H and O–H groups in total. The molecule has 9 nitrogen and oxygen atoms in total. The van der Waals surface area contributed by atoms with Gasteiger partial charge in [-0.3, -0.25) is 9.48 Å². The Bertz CT molecular complexity index is 1400. The van der Waals surface area contributed by atoms with Crippen molar-refractivity contribution in [1.29, 1.82) is 0 Å². The summed E-state index contributed by atoms with van der Waals surface area (Å²) >= 11 is 0. The lowest BCUT2D eigenvalue weighted by Gasteiger charge is -2.19. The third-order valence-electron chi connectivity index (χ3n) is 6.32. The molecule has 0 atom stereocenters. The number of nitrogens with one attached hydrogen (secondary N) is 2. The van der Waals surface area contributed by atoms with E-state index >= 15 is 0 Å². The van der Waals surface area contributed by atoms with Gasteiger partial charge in [-0.05, 0) is 64.2 Å². The maximum Gasteiger partial charge on any atom is 0.254 e. The first-order chi connectivity index (χ1) is 17.3. The fourth-order valence-corrected chi connectivity index (χ4v) is 4.23. The lowest BCUT2D eigenvalue weighted by Crippen LogP contribution is -2.27. The molecule has 0 saturated carbocycles. The number of nitrogens with zero attached hydrogens (tertiary/aromatic N) is 5. The Morgan fingerprint density at radius 3 is 2.58 bits per heavy atom. The molecule has 3 aromatic heterocycles. The summed E-state index contributed by atoms with van der Waals surface area (Å²) in [6.45, 7) is 8.83. The average molecular weight is 488 g/mol. The zero-order valence-electron chi connectivity index (χ0n) is 21.5. The van der Waals surface area contributed by atoms with Crippen LogP contribution in [-0.2, 0) is 13.1 Å². The van der Waals surface area contributed by atoms with Gasteiger partial charge in [0.15, 0.2) is 0 Å². The molecule has 0 unspecified atom stereocenters. The van der Waals surface area contributed by atoms with Crippen LogP contribution in [0.4, 0.5) is 5.69 Å². The summed E-state index contributed by atoms with van der Waals surface area (Å²) in [5.74, 6) is -0.0836. The number of carbonyl (C=O) groups excluding carboxylic acids is 1. The largest absolute Gasteiger partial charge is 0.508 e. The van der Waals surface area contributed by atoms with Crippen molar-refractivity contribution in [2.45, 2.75) is 33.9 Å². The monoisotopic (exact) mass is 487 g/mol. The second-order valence-corrected chi connectivity index (χ2v) is 8.85. The topological polar surface area (TPSA) is 108 Å². The summed E-state index contributed by atoms with van der Waals surface area (Å²) in [5.41, 5.74) is 6.20. The van der Waals surface area contributed by atoms with Gasteiger partial charge in [0, 0.05) is 49.9 Å². The van der Waals surface area contributed by atoms with Crippen molar-refractivity contribution in [2.75, 3.05) is 32.5 Å². The van der Waals surface area contributed by atoms with Gasteiger partial charge in [-0.25, -0.2) is 9.97 Å². The number of phenolic OH excluding ortho intramolecular Hbond substituents is 1. The predicted octanol–water partition coefficient (Wildman–Crippen LogP) is 3.74. The van der Waals surface area contributed by atoms with Crippen LogP contribution in [0, 0.1) is 13.8 Å². The highest BCUT2D eigenvalue weighted by molar-refractivity contribution is 6.07. The summed E-state index contributed by atoms with van der Waals surface area (Å²) in [7, 11) is 3.68. The van der Waals surface area contributed by atoms with Crippen molar-refractivity contribution in [3.05, 3.63) is 65.1 Å². The molecule has 1 aromatic carbocycles. The number of hydrogen-bond donors (Lipinski definition) is 3. The molecular weight excluding hydrogens is 454 g/mol. The molecule has 0 aliphatic heterocycles. The minimum atomic E-state index is -0.167. The van der Waals surface area contributed by atoms with Gasteiger partial charge >= 0.3 is 0 Å². The molecule has 4 rings (SSSR count). The molecule has 0 spiro atoms. The highest BCUT2D eigenvalue weighted by atomic mass is 16.3. The van der Waals surface area contributed by atoms with Crippen LogP contribution in [0.2, 0.25) is 0 Å². The normalized spacial score (nSPS) is 11.1. The van der Waals surface area contributed by atoms with E-state index in [2.05, 4.69) is 15.7 Å². The minimum absolute atomic E-state index is 0.0831. The van der Waals surface area contributed by atoms with E-state index in [4.69, 9.17) is 9.97 Å². The average Bonchev–Trinajstić information content (AvgIpc) is 3.22. The maximum atomic E-state index is 13.7. The standard InChI is InChI=1S/C27H33N7O2/c1-6-34-18(3)19(15-30-34)16-33(5)27(36)22-14-26(32-24-8-7-20(35)13-21(22)24)25-10-9-23(17(2)31-25)29-12-11-28-4/h7-10,13-15,28-29,35H,6,11-12,16H2,1-5H3. The Morgan fingerprint density at radius 1 is 1.08 bits per heavy atom. The summed E-state index contributed by atoms with van der Waals surface area (Å²) in [5, 5.41) is 21.6. The van der Waals surface area contributed by atoms with Crippen molar-refractivity contribution < 1.29 is 9.90 Å². The van der Waals surface area contributed by atoms with E-state index < -0.39 is 0 Å². The van der Waals surface area contributed by atoms with Crippen molar-refractivity contribution in [3.63, 3.8) is 0 Å². The minimum Gasteiger partial charge on any atom is -0.508 e. The molecule has 0 aliphatic rings. The van der Waals surface area contributed by atoms with E-state index in [9.17, 15) is 9.90 Å². The first-order valence-corrected chi connectivity index (χ1v) is 12.1. The SMILES string of the molecule is CCn1ncc(CN(C)C(=O)c2cc(-c3ccc(NCCNC)c(C)n3)nc3ccc(O)cc23)c1C. The molecule has 0 bridgehead atoms. The smallest absolute Gasteiger partial charge is 0.254 e. The molecule has 0 aliphatic carbocycles. The highest BCUT2D eigenvalue weighted by Gasteiger charge is 2.20. The number of pyridine rings is 2. The number of aromatic hydroxyl groups is 1. The van der Waals surface area contributed by atoms with Gasteiger partial charge in [0.25, 0.3) is 5.91 Å². The van der Waals surface area contributed by atoms with Crippen LogP contribution >= 0.6 is 0 Å². The van der Waals surface area contributed by atoms with Gasteiger partial charge in [-0.1, -0.05) is 0 Å². The molecule has 36 heavy (non-hydrogen) atoms. The number of rotatable bonds is 9. The maximum absolute atomic E-state index is 13.7. The van der Waals surface area contributed by atoms with Crippen LogP contribution < -0.4 is 10.6 Å². The first-order valence-electron chi connectivity index (χ1n) is 12.1. The van der Waals surface area contributed by atoms with E-state index in [1.807, 2.05) is 50.8 Å². The van der Waals surface area contributed by atoms with Crippen molar-refractivity contribution in [3.8, 4) is 17.1 Å². The molecule has 0 fully saturated rings. The summed E-state index contributed by atoms with van der Waals surface area (Å²) in [4.78, 5) is 24.8. The number of aromatic nitrogens is 4. The van der Waals surface area contributed by atoms with Crippen LogP contribution in [0.5, 0.6) is 5.75 Å². The second-order valence-electron chi connectivity index (χ2n) is 8.85. The summed E-state index contributed by atoms with van der Waals surface area (Å²) in [6.07, 6.45) is 1.81. The van der Waals surface area contributed by atoms with Crippen LogP contribution in [0.3, 0.4) is 0 Å². The Morgan fingerprint density at radius 2 is 1.89 bits per heavy atom. The van der Waals surface area contributed by atoms with Crippen molar-refractivity contribution >= 4 is 22.5 Å². The van der Waals surface area contributed by atoms with Crippen molar-refractivity contribution in [1.82, 2.24) is 30.0 Å². The first kappa shape index (κ1) is 25.1. The lowest BCUT2D eigenvalue weighted by atomic mass is 10.0. The number of likely N-dealkylation sites (N-methyl/N-ethyl adjacent to an activating group) is 1. The Kier molecular flexibility index (Phi) is 7.49. The van der Waals surface area contributed by atoms with E-state index in [0.717, 1.165) is 42.3 Å². The van der Waals surface area contributed by atoms with Gasteiger partial charge in [0.1, 0.15) is 5.75 Å². The van der Waals surface area contributed by atoms with E-state index in [-0.39, 0.29) is 11.7 Å². The summed E-state index contributed by atoms with van der Waals surface area (Å²) in [6, 6.07) is 10.5. The van der Waals surface area contributed by atoms with Crippen LogP contribution in [0.25, 0.3) is 22.3 Å². The zero-order chi connectivity index (χ0) is 25.8. The van der Waals surface area contributed by atoms with E-state index in [1.54, 1.807) is 36.2 Å². The lowest BCUT2D eigenvalue weighted by molar-refractivity contribution is 0.0787. The highest BCUT2D eigenvalue weighted by Crippen LogP contribution is 2.29. The molecule has 9 heteroatoms. The number of carbonyl (C=O) groups is 1. The van der Waals surface area contributed by atoms with Gasteiger partial charge in [-0.2, -0.15) is 5.10 Å². The van der Waals surface area contributed by atoms with Gasteiger partial charge in [0.2, 0.25) is 0 Å². The van der Waals surface area contributed by atoms with Gasteiger partial charge in [0.05, 0.1) is 40.0 Å². The Labute approximate surface area is 211 Å². The van der Waals surface area contributed by atoms with Crippen LogP contribution in [0.15, 0.2) is 42.6 Å². The number of fused-ring (bicyclic) bond motifs is 1. The van der Waals surface area contributed by atoms with Crippen LogP contribution in [-0.4, -0.2) is 62.8 Å². The molecule has 4 aromatic rings. The van der Waals surface area contributed by atoms with Crippen molar-refractivity contribution in [2.24, 2.45) is 0 Å². The number of aryl methyl sites for hydroxylation is 2. The molecule has 3 heterocycles. The van der Waals surface area contributed by atoms with E-state index in [1.165, 1.54) is 0 Å². The molecule has 188 valence electrons. The Balaban J connectivity index is 1.71. The number of anilines is 1. The third-order valence-corrected chi connectivity index (χ3v) is 6.32. The fraction of sp³-hybridized carbons (Fsp3) is 0.333. The third kappa shape index (κ3) is 5.16. The number of amides is 1. The van der Waals surface area contributed by atoms with Gasteiger partial charge < -0.3 is 20.6 Å². The number of benzene rings is 1. The number of hydrogen-bond acceptors (Lipinski definition) is 7. The predicted molar refractivity (Wildman–Crippen MR) is 142 cm³/mol. The molecule has 1 amide bonds. The molecular formula is C27H33N7O2. The Hall–Kier alpha value is -3.98. The fourth-order valence-electron chi connectivity index (χ4n) is 4.23. The zero-order valence-corrected chi connectivity index (χ0v) is 21.5. The quantitative estimate of drug-likeness (QED) is 0.309. The summed E-state index contributed by atoms with van der Waals surface area (Å²) < 4.78 is 1.91.